The third-order valence-corrected chi connectivity index (χ3v) is 5.19. The molecular formula is C21H29N3O3. The molecule has 0 bridgehead atoms. The quantitative estimate of drug-likeness (QED) is 0.836. The fourth-order valence-corrected chi connectivity index (χ4v) is 3.54. The monoisotopic (exact) mass is 371 g/mol. The normalized spacial score (nSPS) is 22.6. The molecule has 0 aromatic heterocycles. The third kappa shape index (κ3) is 5.39. The molecule has 1 saturated heterocycles. The van der Waals surface area contributed by atoms with Crippen LogP contribution in [0.5, 0.6) is 0 Å². The summed E-state index contributed by atoms with van der Waals surface area (Å²) in [5.74, 6) is 0.283. The molecule has 1 aromatic carbocycles. The van der Waals surface area contributed by atoms with E-state index in [1.54, 1.807) is 0 Å². The number of rotatable bonds is 6. The Labute approximate surface area is 161 Å². The first-order chi connectivity index (χ1) is 13.0. The summed E-state index contributed by atoms with van der Waals surface area (Å²) in [7, 11) is 0. The van der Waals surface area contributed by atoms with Crippen LogP contribution in [0.25, 0.3) is 0 Å². The molecule has 0 aliphatic carbocycles. The molecule has 1 N–H and O–H groups in total. The first-order valence-electron chi connectivity index (χ1n) is 9.87. The van der Waals surface area contributed by atoms with E-state index >= 15 is 0 Å². The first-order valence-corrected chi connectivity index (χ1v) is 9.87. The fourth-order valence-electron chi connectivity index (χ4n) is 3.54. The number of hydrogen-bond acceptors (Lipinski definition) is 4. The zero-order valence-corrected chi connectivity index (χ0v) is 16.2. The van der Waals surface area contributed by atoms with E-state index in [1.165, 1.54) is 5.01 Å². The number of carbonyl (C=O) groups is 2. The molecule has 2 aliphatic heterocycles. The maximum absolute atomic E-state index is 12.4. The topological polar surface area (TPSA) is 71.0 Å². The van der Waals surface area contributed by atoms with Crippen LogP contribution in [-0.2, 0) is 14.3 Å². The molecule has 6 heteroatoms. The number of benzene rings is 1. The maximum Gasteiger partial charge on any atom is 0.243 e. The van der Waals surface area contributed by atoms with Gasteiger partial charge in [0, 0.05) is 31.9 Å². The van der Waals surface area contributed by atoms with Gasteiger partial charge in [-0.25, -0.2) is 5.01 Å². The number of hydrazone groups is 1. The lowest BCUT2D eigenvalue weighted by molar-refractivity contribution is -0.133. The van der Waals surface area contributed by atoms with Crippen LogP contribution >= 0.6 is 0 Å². The lowest BCUT2D eigenvalue weighted by atomic mass is 9.95. The van der Waals surface area contributed by atoms with Crippen molar-refractivity contribution in [2.24, 2.45) is 11.0 Å². The van der Waals surface area contributed by atoms with Crippen molar-refractivity contribution in [3.63, 3.8) is 0 Å². The Bertz CT molecular complexity index is 687. The lowest BCUT2D eigenvalue weighted by Crippen LogP contribution is -2.43. The number of carbonyl (C=O) groups excluding carboxylic acids is 2. The van der Waals surface area contributed by atoms with Gasteiger partial charge >= 0.3 is 0 Å². The number of amides is 2. The summed E-state index contributed by atoms with van der Waals surface area (Å²) >= 11 is 0. The van der Waals surface area contributed by atoms with E-state index in [0.717, 1.165) is 30.5 Å². The average Bonchev–Trinajstić information content (AvgIpc) is 3.17. The van der Waals surface area contributed by atoms with Gasteiger partial charge in [-0.3, -0.25) is 9.59 Å². The molecule has 0 radical (unpaired) electrons. The van der Waals surface area contributed by atoms with E-state index in [1.807, 2.05) is 30.3 Å². The number of hydrogen-bond donors (Lipinski definition) is 1. The second-order valence-electron chi connectivity index (χ2n) is 7.62. The van der Waals surface area contributed by atoms with Crippen LogP contribution in [0.1, 0.15) is 51.5 Å². The second kappa shape index (κ2) is 9.13. The van der Waals surface area contributed by atoms with Gasteiger partial charge in [0.15, 0.2) is 0 Å². The van der Waals surface area contributed by atoms with Crippen LogP contribution in [0.15, 0.2) is 35.4 Å². The minimum Gasteiger partial charge on any atom is -0.378 e. The molecule has 1 fully saturated rings. The molecule has 0 saturated carbocycles. The highest BCUT2D eigenvalue weighted by Gasteiger charge is 2.26. The largest absolute Gasteiger partial charge is 0.378 e. The van der Waals surface area contributed by atoms with Crippen LogP contribution in [0.3, 0.4) is 0 Å². The Morgan fingerprint density at radius 2 is 2.04 bits per heavy atom. The first kappa shape index (κ1) is 19.5. The second-order valence-corrected chi connectivity index (χ2v) is 7.62. The zero-order valence-electron chi connectivity index (χ0n) is 16.2. The summed E-state index contributed by atoms with van der Waals surface area (Å²) in [4.78, 5) is 24.6. The molecule has 3 rings (SSSR count). The van der Waals surface area contributed by atoms with E-state index in [2.05, 4.69) is 24.3 Å². The van der Waals surface area contributed by atoms with Gasteiger partial charge in [-0.05, 0) is 24.3 Å². The van der Waals surface area contributed by atoms with E-state index < -0.39 is 0 Å². The van der Waals surface area contributed by atoms with Crippen molar-refractivity contribution in [1.82, 2.24) is 10.3 Å². The van der Waals surface area contributed by atoms with Crippen molar-refractivity contribution < 1.29 is 14.3 Å². The summed E-state index contributed by atoms with van der Waals surface area (Å²) in [6, 6.07) is 10.0. The summed E-state index contributed by atoms with van der Waals surface area (Å²) < 4.78 is 5.74. The molecule has 6 nitrogen and oxygen atoms in total. The van der Waals surface area contributed by atoms with Crippen LogP contribution in [0, 0.1) is 5.92 Å². The molecule has 2 amide bonds. The van der Waals surface area contributed by atoms with E-state index in [9.17, 15) is 9.59 Å². The fraction of sp³-hybridized carbons (Fsp3) is 0.571. The molecule has 146 valence electrons. The van der Waals surface area contributed by atoms with Gasteiger partial charge in [-0.15, -0.1) is 0 Å². The summed E-state index contributed by atoms with van der Waals surface area (Å²) in [6.07, 6.45) is 3.01. The van der Waals surface area contributed by atoms with Gasteiger partial charge in [0.2, 0.25) is 11.8 Å². The Balaban J connectivity index is 1.44. The summed E-state index contributed by atoms with van der Waals surface area (Å²) in [5, 5.41) is 8.99. The molecule has 0 spiro atoms. The molecule has 2 atom stereocenters. The van der Waals surface area contributed by atoms with Gasteiger partial charge < -0.3 is 10.1 Å². The summed E-state index contributed by atoms with van der Waals surface area (Å²) in [6.45, 7) is 5.53. The van der Waals surface area contributed by atoms with Gasteiger partial charge in [0.1, 0.15) is 0 Å². The third-order valence-electron chi connectivity index (χ3n) is 5.19. The zero-order chi connectivity index (χ0) is 19.2. The standard InChI is InChI=1S/C21H29N3O3/c1-15(2)19-14-17(11-13-27-19)22-20(25)8-9-21(26)24-12-10-18(23-24)16-6-4-3-5-7-16/h3-7,15,17,19H,8-14H2,1-2H3,(H,22,25). The van der Waals surface area contributed by atoms with Crippen LogP contribution < -0.4 is 5.32 Å². The van der Waals surface area contributed by atoms with Crippen molar-refractivity contribution in [1.29, 1.82) is 0 Å². The SMILES string of the molecule is CC(C)C1CC(NC(=O)CCC(=O)N2CCC(c3ccccc3)=N2)CCO1. The van der Waals surface area contributed by atoms with E-state index in [-0.39, 0.29) is 36.8 Å². The molecule has 2 unspecified atom stereocenters. The predicted octanol–water partition coefficient (Wildman–Crippen LogP) is 2.72. The van der Waals surface area contributed by atoms with E-state index in [0.29, 0.717) is 19.1 Å². The van der Waals surface area contributed by atoms with Gasteiger partial charge in [-0.1, -0.05) is 44.2 Å². The van der Waals surface area contributed by atoms with Crippen molar-refractivity contribution in [3.8, 4) is 0 Å². The van der Waals surface area contributed by atoms with Crippen molar-refractivity contribution >= 4 is 17.5 Å². The molecule has 2 aliphatic rings. The number of nitrogens with zero attached hydrogens (tertiary/aromatic N) is 2. The van der Waals surface area contributed by atoms with Crippen LogP contribution in [-0.4, -0.2) is 47.8 Å². The van der Waals surface area contributed by atoms with Gasteiger partial charge in [0.25, 0.3) is 0 Å². The highest BCUT2D eigenvalue weighted by molar-refractivity contribution is 6.02. The average molecular weight is 371 g/mol. The van der Waals surface area contributed by atoms with Crippen molar-refractivity contribution in [2.75, 3.05) is 13.2 Å². The molecule has 2 heterocycles. The minimum atomic E-state index is -0.0943. The number of nitrogens with one attached hydrogen (secondary N) is 1. The smallest absolute Gasteiger partial charge is 0.243 e. The Morgan fingerprint density at radius 1 is 1.26 bits per heavy atom. The van der Waals surface area contributed by atoms with Crippen LogP contribution in [0.4, 0.5) is 0 Å². The van der Waals surface area contributed by atoms with Gasteiger partial charge in [-0.2, -0.15) is 5.10 Å². The lowest BCUT2D eigenvalue weighted by Gasteiger charge is -2.32. The molecular weight excluding hydrogens is 342 g/mol. The molecule has 1 aromatic rings. The highest BCUT2D eigenvalue weighted by atomic mass is 16.5. The highest BCUT2D eigenvalue weighted by Crippen LogP contribution is 2.20. The van der Waals surface area contributed by atoms with Crippen LogP contribution in [0.2, 0.25) is 0 Å². The van der Waals surface area contributed by atoms with Gasteiger partial charge in [0.05, 0.1) is 18.4 Å². The molecule has 27 heavy (non-hydrogen) atoms. The Kier molecular flexibility index (Phi) is 6.61. The van der Waals surface area contributed by atoms with E-state index in [4.69, 9.17) is 4.74 Å². The van der Waals surface area contributed by atoms with Crippen molar-refractivity contribution in [3.05, 3.63) is 35.9 Å². The Morgan fingerprint density at radius 3 is 2.78 bits per heavy atom. The predicted molar refractivity (Wildman–Crippen MR) is 104 cm³/mol. The number of ether oxygens (including phenoxy) is 1. The minimum absolute atomic E-state index is 0.0655. The van der Waals surface area contributed by atoms with Crippen molar-refractivity contribution in [2.45, 2.75) is 58.1 Å². The maximum atomic E-state index is 12.4. The Hall–Kier alpha value is -2.21. The summed E-state index contributed by atoms with van der Waals surface area (Å²) in [5.41, 5.74) is 1.97.